The minimum Gasteiger partial charge on any atom is -0.365 e. The van der Waals surface area contributed by atoms with Gasteiger partial charge in [0.15, 0.2) is 5.65 Å². The molecule has 6 heteroatoms. The van der Waals surface area contributed by atoms with Crippen molar-refractivity contribution in [2.24, 2.45) is 0 Å². The molecule has 0 saturated carbocycles. The number of nitrogens with one attached hydrogen (secondary N) is 1. The van der Waals surface area contributed by atoms with Gasteiger partial charge in [0, 0.05) is 34.0 Å². The second kappa shape index (κ2) is 8.42. The zero-order valence-corrected chi connectivity index (χ0v) is 18.0. The Morgan fingerprint density at radius 3 is 2.39 bits per heavy atom. The second-order valence-electron chi connectivity index (χ2n) is 7.16. The van der Waals surface area contributed by atoms with Gasteiger partial charge in [0.2, 0.25) is 0 Å². The lowest BCUT2D eigenvalue weighted by Crippen LogP contribution is -2.03. The molecule has 5 rings (SSSR count). The summed E-state index contributed by atoms with van der Waals surface area (Å²) in [5, 5.41) is 5.84. The average Bonchev–Trinajstić information content (AvgIpc) is 3.19. The summed E-state index contributed by atoms with van der Waals surface area (Å²) in [6, 6.07) is 25.8. The van der Waals surface area contributed by atoms with Gasteiger partial charge < -0.3 is 9.88 Å². The molecule has 152 valence electrons. The molecule has 0 saturated heterocycles. The Bertz CT molecular complexity index is 1350. The SMILES string of the molecule is Clc1ccc(-n2cc(-c3ccccc3)c3c(NCc4cccc(Cl)c4)ncnc32)cc1. The minimum atomic E-state index is 0.604. The number of fused-ring (bicyclic) bond motifs is 1. The van der Waals surface area contributed by atoms with Gasteiger partial charge in [-0.1, -0.05) is 65.7 Å². The molecule has 0 fully saturated rings. The summed E-state index contributed by atoms with van der Waals surface area (Å²) in [5.41, 5.74) is 5.04. The molecule has 3 aromatic carbocycles. The summed E-state index contributed by atoms with van der Waals surface area (Å²) in [5.74, 6) is 0.775. The van der Waals surface area contributed by atoms with E-state index >= 15 is 0 Å². The number of nitrogens with zero attached hydrogens (tertiary/aromatic N) is 3. The van der Waals surface area contributed by atoms with Gasteiger partial charge in [-0.25, -0.2) is 9.97 Å². The van der Waals surface area contributed by atoms with Crippen LogP contribution in [0.25, 0.3) is 27.8 Å². The van der Waals surface area contributed by atoms with Gasteiger partial charge in [0.25, 0.3) is 0 Å². The molecule has 1 N–H and O–H groups in total. The van der Waals surface area contributed by atoms with Crippen LogP contribution in [0.15, 0.2) is 91.4 Å². The first kappa shape index (κ1) is 19.6. The number of rotatable bonds is 5. The summed E-state index contributed by atoms with van der Waals surface area (Å²) in [6.45, 7) is 0.604. The fourth-order valence-corrected chi connectivity index (χ4v) is 4.00. The number of benzene rings is 3. The van der Waals surface area contributed by atoms with Crippen LogP contribution in [-0.2, 0) is 6.54 Å². The van der Waals surface area contributed by atoms with Crippen LogP contribution in [0.5, 0.6) is 0 Å². The number of anilines is 1. The Morgan fingerprint density at radius 1 is 0.806 bits per heavy atom. The van der Waals surface area contributed by atoms with E-state index in [0.717, 1.165) is 39.2 Å². The first-order valence-corrected chi connectivity index (χ1v) is 10.6. The zero-order chi connectivity index (χ0) is 21.2. The standard InChI is InChI=1S/C25H18Cl2N4/c26-19-9-11-21(12-10-19)31-15-22(18-6-2-1-3-7-18)23-24(29-16-30-25(23)31)28-14-17-5-4-8-20(27)13-17/h1-13,15-16H,14H2,(H,28,29,30). The number of aromatic nitrogens is 3. The van der Waals surface area contributed by atoms with Crippen molar-refractivity contribution in [3.05, 3.63) is 107 Å². The highest BCUT2D eigenvalue weighted by Gasteiger charge is 2.17. The summed E-state index contributed by atoms with van der Waals surface area (Å²) in [7, 11) is 0. The summed E-state index contributed by atoms with van der Waals surface area (Å²) >= 11 is 12.2. The second-order valence-corrected chi connectivity index (χ2v) is 8.03. The predicted molar refractivity (Wildman–Crippen MR) is 128 cm³/mol. The molecular formula is C25H18Cl2N4. The van der Waals surface area contributed by atoms with E-state index in [9.17, 15) is 0 Å². The van der Waals surface area contributed by atoms with Crippen LogP contribution >= 0.6 is 23.2 Å². The molecule has 0 radical (unpaired) electrons. The van der Waals surface area contributed by atoms with E-state index in [1.807, 2.05) is 66.7 Å². The van der Waals surface area contributed by atoms with Crippen LogP contribution in [0.2, 0.25) is 10.0 Å². The lowest BCUT2D eigenvalue weighted by molar-refractivity contribution is 1.06. The Balaban J connectivity index is 1.65. The van der Waals surface area contributed by atoms with E-state index in [1.165, 1.54) is 0 Å². The molecule has 0 aliphatic rings. The van der Waals surface area contributed by atoms with Crippen LogP contribution in [0.4, 0.5) is 5.82 Å². The van der Waals surface area contributed by atoms with Gasteiger partial charge in [-0.05, 0) is 47.5 Å². The van der Waals surface area contributed by atoms with Gasteiger partial charge in [0.1, 0.15) is 12.1 Å². The topological polar surface area (TPSA) is 42.7 Å². The molecule has 31 heavy (non-hydrogen) atoms. The zero-order valence-electron chi connectivity index (χ0n) is 16.5. The van der Waals surface area contributed by atoms with Gasteiger partial charge in [0.05, 0.1) is 5.39 Å². The Morgan fingerprint density at radius 2 is 1.61 bits per heavy atom. The van der Waals surface area contributed by atoms with Crippen molar-refractivity contribution in [3.63, 3.8) is 0 Å². The third-order valence-corrected chi connectivity index (χ3v) is 5.61. The van der Waals surface area contributed by atoms with E-state index in [2.05, 4.69) is 38.2 Å². The molecule has 4 nitrogen and oxygen atoms in total. The number of hydrogen-bond donors (Lipinski definition) is 1. The molecule has 0 unspecified atom stereocenters. The maximum Gasteiger partial charge on any atom is 0.150 e. The van der Waals surface area contributed by atoms with Crippen molar-refractivity contribution in [1.29, 1.82) is 0 Å². The minimum absolute atomic E-state index is 0.604. The molecule has 0 bridgehead atoms. The van der Waals surface area contributed by atoms with Crippen LogP contribution in [0.3, 0.4) is 0 Å². The Hall–Kier alpha value is -3.34. The largest absolute Gasteiger partial charge is 0.365 e. The highest BCUT2D eigenvalue weighted by Crippen LogP contribution is 2.35. The number of hydrogen-bond acceptors (Lipinski definition) is 3. The maximum absolute atomic E-state index is 6.14. The fraction of sp³-hybridized carbons (Fsp3) is 0.0400. The van der Waals surface area contributed by atoms with Crippen LogP contribution in [0.1, 0.15) is 5.56 Å². The lowest BCUT2D eigenvalue weighted by atomic mass is 10.1. The van der Waals surface area contributed by atoms with Crippen molar-refractivity contribution in [2.75, 3.05) is 5.32 Å². The Labute approximate surface area is 190 Å². The van der Waals surface area contributed by atoms with E-state index < -0.39 is 0 Å². The first-order valence-electron chi connectivity index (χ1n) is 9.85. The molecule has 0 aliphatic carbocycles. The van der Waals surface area contributed by atoms with Crippen LogP contribution in [-0.4, -0.2) is 14.5 Å². The van der Waals surface area contributed by atoms with Crippen LogP contribution < -0.4 is 5.32 Å². The summed E-state index contributed by atoms with van der Waals surface area (Å²) in [4.78, 5) is 9.18. The Kier molecular flexibility index (Phi) is 5.33. The van der Waals surface area contributed by atoms with E-state index in [0.29, 0.717) is 16.6 Å². The molecule has 2 heterocycles. The third-order valence-electron chi connectivity index (χ3n) is 5.12. The van der Waals surface area contributed by atoms with Gasteiger partial charge in [-0.15, -0.1) is 0 Å². The predicted octanol–water partition coefficient (Wildman–Crippen LogP) is 7.01. The number of halogens is 2. The molecular weight excluding hydrogens is 427 g/mol. The normalized spacial score (nSPS) is 11.0. The third kappa shape index (κ3) is 4.00. The molecule has 2 aromatic heterocycles. The average molecular weight is 445 g/mol. The highest BCUT2D eigenvalue weighted by molar-refractivity contribution is 6.30. The molecule has 0 spiro atoms. The van der Waals surface area contributed by atoms with E-state index in [1.54, 1.807) is 6.33 Å². The summed E-state index contributed by atoms with van der Waals surface area (Å²) < 4.78 is 2.07. The smallest absolute Gasteiger partial charge is 0.150 e. The van der Waals surface area contributed by atoms with Crippen molar-refractivity contribution in [1.82, 2.24) is 14.5 Å². The van der Waals surface area contributed by atoms with Crippen molar-refractivity contribution < 1.29 is 0 Å². The molecule has 0 amide bonds. The van der Waals surface area contributed by atoms with Gasteiger partial charge in [-0.3, -0.25) is 0 Å². The van der Waals surface area contributed by atoms with Crippen molar-refractivity contribution >= 4 is 40.1 Å². The molecule has 0 aliphatic heterocycles. The van der Waals surface area contributed by atoms with Gasteiger partial charge >= 0.3 is 0 Å². The highest BCUT2D eigenvalue weighted by atomic mass is 35.5. The quantitative estimate of drug-likeness (QED) is 0.317. The van der Waals surface area contributed by atoms with Crippen LogP contribution in [0, 0.1) is 0 Å². The first-order chi connectivity index (χ1) is 15.2. The maximum atomic E-state index is 6.14. The fourth-order valence-electron chi connectivity index (χ4n) is 3.66. The van der Waals surface area contributed by atoms with Crippen molar-refractivity contribution in [3.8, 4) is 16.8 Å². The summed E-state index contributed by atoms with van der Waals surface area (Å²) in [6.07, 6.45) is 3.69. The molecule has 5 aromatic rings. The van der Waals surface area contributed by atoms with Crippen molar-refractivity contribution in [2.45, 2.75) is 6.54 Å². The lowest BCUT2D eigenvalue weighted by Gasteiger charge is -2.09. The van der Waals surface area contributed by atoms with E-state index in [4.69, 9.17) is 23.2 Å². The van der Waals surface area contributed by atoms with E-state index in [-0.39, 0.29) is 0 Å². The molecule has 0 atom stereocenters. The monoisotopic (exact) mass is 444 g/mol. The van der Waals surface area contributed by atoms with Gasteiger partial charge in [-0.2, -0.15) is 0 Å².